The molecule has 1 aromatic carbocycles. The van der Waals surface area contributed by atoms with E-state index in [0.29, 0.717) is 43.3 Å². The second-order valence-electron chi connectivity index (χ2n) is 5.59. The summed E-state index contributed by atoms with van der Waals surface area (Å²) >= 11 is 0. The van der Waals surface area contributed by atoms with E-state index >= 15 is 0 Å². The van der Waals surface area contributed by atoms with Gasteiger partial charge in [-0.2, -0.15) is 0 Å². The monoisotopic (exact) mass is 327 g/mol. The van der Waals surface area contributed by atoms with Gasteiger partial charge in [0, 0.05) is 55.8 Å². The molecule has 2 aromatic rings. The number of piperazine rings is 1. The van der Waals surface area contributed by atoms with E-state index in [9.17, 15) is 14.9 Å². The van der Waals surface area contributed by atoms with Crippen molar-refractivity contribution in [2.75, 3.05) is 31.1 Å². The summed E-state index contributed by atoms with van der Waals surface area (Å²) in [6, 6.07) is 6.24. The first-order valence-electron chi connectivity index (χ1n) is 7.62. The van der Waals surface area contributed by atoms with Gasteiger partial charge in [-0.1, -0.05) is 0 Å². The molecule has 0 radical (unpaired) electrons. The molecule has 0 atom stereocenters. The Morgan fingerprint density at radius 2 is 1.83 bits per heavy atom. The molecule has 0 bridgehead atoms. The van der Waals surface area contributed by atoms with Crippen LogP contribution in [0, 0.1) is 17.0 Å². The zero-order chi connectivity index (χ0) is 17.1. The molecule has 0 N–H and O–H groups in total. The van der Waals surface area contributed by atoms with Crippen LogP contribution in [0.2, 0.25) is 0 Å². The number of aryl methyl sites for hydroxylation is 1. The third-order valence-corrected chi connectivity index (χ3v) is 4.04. The van der Waals surface area contributed by atoms with Gasteiger partial charge in [0.2, 0.25) is 5.95 Å². The number of benzene rings is 1. The quantitative estimate of drug-likeness (QED) is 0.629. The van der Waals surface area contributed by atoms with E-state index < -0.39 is 4.92 Å². The van der Waals surface area contributed by atoms with Crippen LogP contribution in [0.15, 0.2) is 36.7 Å². The van der Waals surface area contributed by atoms with Crippen molar-refractivity contribution in [2.24, 2.45) is 0 Å². The van der Waals surface area contributed by atoms with E-state index in [-0.39, 0.29) is 11.6 Å². The second-order valence-corrected chi connectivity index (χ2v) is 5.59. The highest BCUT2D eigenvalue weighted by Crippen LogP contribution is 2.20. The molecule has 1 aliphatic heterocycles. The second kappa shape index (κ2) is 6.61. The van der Waals surface area contributed by atoms with Crippen LogP contribution in [0.3, 0.4) is 0 Å². The number of nitro groups is 1. The molecule has 2 heterocycles. The minimum Gasteiger partial charge on any atom is -0.337 e. The highest BCUT2D eigenvalue weighted by atomic mass is 16.6. The van der Waals surface area contributed by atoms with Gasteiger partial charge in [-0.25, -0.2) is 9.97 Å². The number of anilines is 1. The van der Waals surface area contributed by atoms with E-state index in [1.54, 1.807) is 36.4 Å². The van der Waals surface area contributed by atoms with Crippen LogP contribution >= 0.6 is 0 Å². The topological polar surface area (TPSA) is 92.5 Å². The molecule has 1 amide bonds. The number of nitro benzene ring substituents is 1. The Balaban J connectivity index is 1.67. The van der Waals surface area contributed by atoms with Crippen molar-refractivity contribution >= 4 is 17.5 Å². The molecule has 124 valence electrons. The van der Waals surface area contributed by atoms with Crippen LogP contribution in [-0.4, -0.2) is 51.9 Å². The predicted molar refractivity (Wildman–Crippen MR) is 88.0 cm³/mol. The first-order chi connectivity index (χ1) is 11.6. The average Bonchev–Trinajstić information content (AvgIpc) is 2.61. The Labute approximate surface area is 138 Å². The number of carbonyl (C=O) groups excluding carboxylic acids is 1. The molecule has 8 nitrogen and oxygen atoms in total. The summed E-state index contributed by atoms with van der Waals surface area (Å²) in [5.74, 6) is 0.553. The lowest BCUT2D eigenvalue weighted by atomic mass is 10.1. The van der Waals surface area contributed by atoms with Crippen molar-refractivity contribution in [1.82, 2.24) is 14.9 Å². The van der Waals surface area contributed by atoms with Crippen LogP contribution in [-0.2, 0) is 0 Å². The zero-order valence-corrected chi connectivity index (χ0v) is 13.3. The molecule has 8 heteroatoms. The molecule has 1 saturated heterocycles. The minimum atomic E-state index is -0.442. The lowest BCUT2D eigenvalue weighted by molar-refractivity contribution is -0.385. The normalized spacial score (nSPS) is 14.5. The van der Waals surface area contributed by atoms with Gasteiger partial charge in [0.1, 0.15) is 0 Å². The fraction of sp³-hybridized carbons (Fsp3) is 0.312. The molecule has 0 unspecified atom stereocenters. The first kappa shape index (κ1) is 15.9. The summed E-state index contributed by atoms with van der Waals surface area (Å²) in [7, 11) is 0. The number of hydrogen-bond donors (Lipinski definition) is 0. The van der Waals surface area contributed by atoms with Gasteiger partial charge in [-0.05, 0) is 25.1 Å². The fourth-order valence-electron chi connectivity index (χ4n) is 2.74. The van der Waals surface area contributed by atoms with Crippen LogP contribution < -0.4 is 4.90 Å². The number of carbonyl (C=O) groups is 1. The fourth-order valence-corrected chi connectivity index (χ4v) is 2.74. The number of rotatable bonds is 3. The van der Waals surface area contributed by atoms with Gasteiger partial charge >= 0.3 is 0 Å². The Morgan fingerprint density at radius 1 is 1.17 bits per heavy atom. The van der Waals surface area contributed by atoms with Gasteiger partial charge in [0.25, 0.3) is 11.6 Å². The molecule has 0 spiro atoms. The van der Waals surface area contributed by atoms with Crippen LogP contribution in [0.25, 0.3) is 0 Å². The Morgan fingerprint density at radius 3 is 2.42 bits per heavy atom. The minimum absolute atomic E-state index is 0.0256. The summed E-state index contributed by atoms with van der Waals surface area (Å²) in [6.45, 7) is 4.07. The molecule has 1 aromatic heterocycles. The Kier molecular flexibility index (Phi) is 4.37. The summed E-state index contributed by atoms with van der Waals surface area (Å²) in [4.78, 5) is 35.2. The highest BCUT2D eigenvalue weighted by molar-refractivity contribution is 5.95. The molecule has 1 fully saturated rings. The number of nitrogens with zero attached hydrogens (tertiary/aromatic N) is 5. The van der Waals surface area contributed by atoms with Crippen LogP contribution in [0.4, 0.5) is 11.6 Å². The highest BCUT2D eigenvalue weighted by Gasteiger charge is 2.24. The van der Waals surface area contributed by atoms with Gasteiger partial charge in [0.05, 0.1) is 4.92 Å². The number of hydrogen-bond acceptors (Lipinski definition) is 6. The largest absolute Gasteiger partial charge is 0.337 e. The van der Waals surface area contributed by atoms with Crippen molar-refractivity contribution in [3.63, 3.8) is 0 Å². The third-order valence-electron chi connectivity index (χ3n) is 4.04. The van der Waals surface area contributed by atoms with E-state index in [0.717, 1.165) is 0 Å². The Hall–Kier alpha value is -3.03. The summed E-state index contributed by atoms with van der Waals surface area (Å²) in [5.41, 5.74) is 0.988. The third kappa shape index (κ3) is 3.17. The van der Waals surface area contributed by atoms with Gasteiger partial charge in [0.15, 0.2) is 0 Å². The van der Waals surface area contributed by atoms with Crippen molar-refractivity contribution in [1.29, 1.82) is 0 Å². The summed E-state index contributed by atoms with van der Waals surface area (Å²) in [6.07, 6.45) is 3.39. The number of aromatic nitrogens is 2. The smallest absolute Gasteiger partial charge is 0.272 e. The molecular weight excluding hydrogens is 310 g/mol. The molecule has 0 aliphatic carbocycles. The van der Waals surface area contributed by atoms with Gasteiger partial charge in [-0.15, -0.1) is 0 Å². The van der Waals surface area contributed by atoms with Crippen LogP contribution in [0.5, 0.6) is 0 Å². The SMILES string of the molecule is Cc1cc(C(=O)N2CCN(c3ncccn3)CC2)ccc1[N+](=O)[O-]. The standard InChI is InChI=1S/C16H17N5O3/c1-12-11-13(3-4-14(12)21(23)24)15(22)19-7-9-20(10-8-19)16-17-5-2-6-18-16/h2-6,11H,7-10H2,1H3. The van der Waals surface area contributed by atoms with Crippen molar-refractivity contribution in [2.45, 2.75) is 6.92 Å². The maximum Gasteiger partial charge on any atom is 0.272 e. The molecule has 3 rings (SSSR count). The molecule has 0 saturated carbocycles. The molecular formula is C16H17N5O3. The Bertz CT molecular complexity index is 758. The van der Waals surface area contributed by atoms with E-state index in [1.807, 2.05) is 4.90 Å². The summed E-state index contributed by atoms with van der Waals surface area (Å²) < 4.78 is 0. The number of amides is 1. The van der Waals surface area contributed by atoms with Crippen molar-refractivity contribution in [3.8, 4) is 0 Å². The van der Waals surface area contributed by atoms with Gasteiger partial charge < -0.3 is 9.80 Å². The van der Waals surface area contributed by atoms with E-state index in [2.05, 4.69) is 9.97 Å². The molecule has 24 heavy (non-hydrogen) atoms. The average molecular weight is 327 g/mol. The van der Waals surface area contributed by atoms with Crippen molar-refractivity contribution in [3.05, 3.63) is 57.9 Å². The summed E-state index contributed by atoms with van der Waals surface area (Å²) in [5, 5.41) is 10.9. The lowest BCUT2D eigenvalue weighted by Crippen LogP contribution is -2.49. The maximum atomic E-state index is 12.6. The maximum absolute atomic E-state index is 12.6. The lowest BCUT2D eigenvalue weighted by Gasteiger charge is -2.34. The van der Waals surface area contributed by atoms with E-state index in [4.69, 9.17) is 0 Å². The zero-order valence-electron chi connectivity index (χ0n) is 13.3. The van der Waals surface area contributed by atoms with E-state index in [1.165, 1.54) is 12.1 Å². The first-order valence-corrected chi connectivity index (χ1v) is 7.62. The predicted octanol–water partition coefficient (Wildman–Crippen LogP) is 1.66. The van der Waals surface area contributed by atoms with Crippen molar-refractivity contribution < 1.29 is 9.72 Å². The molecule has 1 aliphatic rings. The van der Waals surface area contributed by atoms with Crippen LogP contribution in [0.1, 0.15) is 15.9 Å². The van der Waals surface area contributed by atoms with Gasteiger partial charge in [-0.3, -0.25) is 14.9 Å².